The van der Waals surface area contributed by atoms with E-state index in [9.17, 15) is 4.79 Å². The van der Waals surface area contributed by atoms with Gasteiger partial charge in [0.1, 0.15) is 0 Å². The third-order valence-electron chi connectivity index (χ3n) is 6.95. The van der Waals surface area contributed by atoms with Gasteiger partial charge in [-0.15, -0.1) is 0 Å². The van der Waals surface area contributed by atoms with E-state index in [1.807, 2.05) is 12.1 Å². The van der Waals surface area contributed by atoms with Crippen molar-refractivity contribution in [1.29, 1.82) is 0 Å². The molecule has 2 saturated carbocycles. The van der Waals surface area contributed by atoms with E-state index in [0.717, 1.165) is 49.5 Å². The summed E-state index contributed by atoms with van der Waals surface area (Å²) in [6, 6.07) is 9.10. The number of amides is 1. The lowest BCUT2D eigenvalue weighted by Crippen LogP contribution is -2.50. The van der Waals surface area contributed by atoms with Crippen LogP contribution in [-0.4, -0.2) is 29.9 Å². The predicted octanol–water partition coefficient (Wildman–Crippen LogP) is 3.16. The lowest BCUT2D eigenvalue weighted by molar-refractivity contribution is -0.122. The van der Waals surface area contributed by atoms with Gasteiger partial charge in [0.2, 0.25) is 5.91 Å². The first-order valence-electron chi connectivity index (χ1n) is 8.91. The molecule has 1 aromatic rings. The molecule has 0 aromatic heterocycles. The zero-order valence-corrected chi connectivity index (χ0v) is 13.1. The van der Waals surface area contributed by atoms with Gasteiger partial charge < -0.3 is 10.2 Å². The summed E-state index contributed by atoms with van der Waals surface area (Å²) >= 11 is 0. The van der Waals surface area contributed by atoms with E-state index in [0.29, 0.717) is 0 Å². The van der Waals surface area contributed by atoms with Crippen molar-refractivity contribution in [3.05, 3.63) is 29.8 Å². The van der Waals surface area contributed by atoms with Gasteiger partial charge in [-0.05, 0) is 68.7 Å². The Hall–Kier alpha value is -1.35. The summed E-state index contributed by atoms with van der Waals surface area (Å²) in [6.45, 7) is 2.19. The lowest BCUT2D eigenvalue weighted by Gasteiger charge is -2.43. The second kappa shape index (κ2) is 4.58. The molecule has 2 aliphatic carbocycles. The van der Waals surface area contributed by atoms with Crippen LogP contribution in [0.25, 0.3) is 0 Å². The molecule has 3 unspecified atom stereocenters. The summed E-state index contributed by atoms with van der Waals surface area (Å²) in [6.07, 6.45) is 7.78. The third kappa shape index (κ3) is 1.69. The Labute approximate surface area is 132 Å². The number of hydrogen-bond donors (Lipinski definition) is 1. The van der Waals surface area contributed by atoms with Crippen molar-refractivity contribution >= 4 is 11.6 Å². The van der Waals surface area contributed by atoms with E-state index in [1.165, 1.54) is 31.2 Å². The van der Waals surface area contributed by atoms with E-state index in [1.54, 1.807) is 0 Å². The molecule has 4 aliphatic rings. The summed E-state index contributed by atoms with van der Waals surface area (Å²) in [5.74, 6) is 2.19. The smallest absolute Gasteiger partial charge is 0.235 e. The number of rotatable bonds is 1. The van der Waals surface area contributed by atoms with Gasteiger partial charge in [0.05, 0.1) is 5.41 Å². The monoisotopic (exact) mass is 296 g/mol. The summed E-state index contributed by atoms with van der Waals surface area (Å²) in [4.78, 5) is 15.3. The molecule has 3 fully saturated rings. The van der Waals surface area contributed by atoms with Gasteiger partial charge in [-0.1, -0.05) is 24.6 Å². The number of para-hydroxylation sites is 1. The molecule has 22 heavy (non-hydrogen) atoms. The molecule has 0 radical (unpaired) electrons. The highest BCUT2D eigenvalue weighted by molar-refractivity contribution is 6.06. The van der Waals surface area contributed by atoms with Crippen LogP contribution in [0.2, 0.25) is 0 Å². The molecule has 3 heteroatoms. The van der Waals surface area contributed by atoms with E-state index in [-0.39, 0.29) is 11.3 Å². The number of carbonyl (C=O) groups excluding carboxylic acids is 1. The minimum Gasteiger partial charge on any atom is -0.325 e. The molecule has 2 heterocycles. The number of hydrogen-bond acceptors (Lipinski definition) is 2. The fourth-order valence-corrected chi connectivity index (χ4v) is 5.77. The fourth-order valence-electron chi connectivity index (χ4n) is 5.77. The Morgan fingerprint density at radius 2 is 1.91 bits per heavy atom. The van der Waals surface area contributed by atoms with Crippen LogP contribution in [-0.2, 0) is 10.2 Å². The molecule has 5 rings (SSSR count). The minimum atomic E-state index is -0.245. The van der Waals surface area contributed by atoms with Gasteiger partial charge in [0, 0.05) is 11.7 Å². The number of benzene rings is 1. The molecular weight excluding hydrogens is 272 g/mol. The van der Waals surface area contributed by atoms with Crippen LogP contribution in [0.3, 0.4) is 0 Å². The number of piperidine rings is 1. The quantitative estimate of drug-likeness (QED) is 0.863. The molecule has 1 aromatic carbocycles. The Morgan fingerprint density at radius 1 is 1.09 bits per heavy atom. The average molecular weight is 296 g/mol. The van der Waals surface area contributed by atoms with E-state index >= 15 is 0 Å². The Bertz CT molecular complexity index is 618. The SMILES string of the molecule is O=C1Nc2ccccc2C12CCN(C1CC3CCC1C3)CC2. The Morgan fingerprint density at radius 3 is 2.64 bits per heavy atom. The summed E-state index contributed by atoms with van der Waals surface area (Å²) in [7, 11) is 0. The molecule has 1 N–H and O–H groups in total. The Kier molecular flexibility index (Phi) is 2.73. The van der Waals surface area contributed by atoms with E-state index in [4.69, 9.17) is 0 Å². The number of likely N-dealkylation sites (tertiary alicyclic amines) is 1. The summed E-state index contributed by atoms with van der Waals surface area (Å²) in [5, 5.41) is 3.11. The molecule has 2 bridgehead atoms. The molecule has 3 nitrogen and oxygen atoms in total. The van der Waals surface area contributed by atoms with Crippen molar-refractivity contribution in [3.8, 4) is 0 Å². The second-order valence-corrected chi connectivity index (χ2v) is 7.86. The van der Waals surface area contributed by atoms with Crippen molar-refractivity contribution in [2.45, 2.75) is 50.0 Å². The number of anilines is 1. The lowest BCUT2D eigenvalue weighted by atomic mass is 9.73. The van der Waals surface area contributed by atoms with Gasteiger partial charge in [0.25, 0.3) is 0 Å². The maximum Gasteiger partial charge on any atom is 0.235 e. The number of nitrogens with one attached hydrogen (secondary N) is 1. The molecule has 1 spiro atoms. The van der Waals surface area contributed by atoms with Gasteiger partial charge in [-0.25, -0.2) is 0 Å². The molecule has 116 valence electrons. The zero-order chi connectivity index (χ0) is 14.7. The maximum absolute atomic E-state index is 12.6. The first kappa shape index (κ1) is 13.1. The first-order chi connectivity index (χ1) is 10.8. The van der Waals surface area contributed by atoms with Gasteiger partial charge >= 0.3 is 0 Å². The number of fused-ring (bicyclic) bond motifs is 4. The normalized spacial score (nSPS) is 35.8. The second-order valence-electron chi connectivity index (χ2n) is 7.86. The van der Waals surface area contributed by atoms with E-state index < -0.39 is 0 Å². The Balaban J connectivity index is 1.37. The van der Waals surface area contributed by atoms with Gasteiger partial charge in [-0.3, -0.25) is 4.79 Å². The molecule has 1 saturated heterocycles. The van der Waals surface area contributed by atoms with Crippen LogP contribution in [0.15, 0.2) is 24.3 Å². The fraction of sp³-hybridized carbons (Fsp3) is 0.632. The van der Waals surface area contributed by atoms with Crippen LogP contribution in [0.5, 0.6) is 0 Å². The van der Waals surface area contributed by atoms with Crippen molar-refractivity contribution in [2.24, 2.45) is 11.8 Å². The predicted molar refractivity (Wildman–Crippen MR) is 86.8 cm³/mol. The summed E-state index contributed by atoms with van der Waals surface area (Å²) in [5.41, 5.74) is 2.04. The van der Waals surface area contributed by atoms with Crippen molar-refractivity contribution in [1.82, 2.24) is 4.90 Å². The number of nitrogens with zero attached hydrogens (tertiary/aromatic N) is 1. The standard InChI is InChI=1S/C19H24N2O/c22-18-19(15-3-1-2-4-16(15)20-18)7-9-21(10-8-19)17-12-13-5-6-14(17)11-13/h1-4,13-14,17H,5-12H2,(H,20,22). The minimum absolute atomic E-state index is 0.237. The van der Waals surface area contributed by atoms with Crippen LogP contribution < -0.4 is 5.32 Å². The highest BCUT2D eigenvalue weighted by Gasteiger charge is 2.50. The first-order valence-corrected chi connectivity index (χ1v) is 8.91. The zero-order valence-electron chi connectivity index (χ0n) is 13.1. The highest BCUT2D eigenvalue weighted by Crippen LogP contribution is 2.50. The largest absolute Gasteiger partial charge is 0.325 e. The van der Waals surface area contributed by atoms with Crippen molar-refractivity contribution in [3.63, 3.8) is 0 Å². The maximum atomic E-state index is 12.6. The molecule has 2 aliphatic heterocycles. The number of carbonyl (C=O) groups is 1. The summed E-state index contributed by atoms with van der Waals surface area (Å²) < 4.78 is 0. The van der Waals surface area contributed by atoms with Gasteiger partial charge in [0.15, 0.2) is 0 Å². The molecule has 1 amide bonds. The topological polar surface area (TPSA) is 32.3 Å². The highest BCUT2D eigenvalue weighted by atomic mass is 16.2. The van der Waals surface area contributed by atoms with Gasteiger partial charge in [-0.2, -0.15) is 0 Å². The molecular formula is C19H24N2O. The van der Waals surface area contributed by atoms with Crippen molar-refractivity contribution in [2.75, 3.05) is 18.4 Å². The average Bonchev–Trinajstić information content (AvgIpc) is 3.24. The van der Waals surface area contributed by atoms with Crippen molar-refractivity contribution < 1.29 is 4.79 Å². The van der Waals surface area contributed by atoms with Crippen LogP contribution in [0.4, 0.5) is 5.69 Å². The van der Waals surface area contributed by atoms with E-state index in [2.05, 4.69) is 22.3 Å². The van der Waals surface area contributed by atoms with Crippen LogP contribution in [0, 0.1) is 11.8 Å². The third-order valence-corrected chi connectivity index (χ3v) is 6.95. The molecule has 3 atom stereocenters. The van der Waals surface area contributed by atoms with Crippen LogP contribution in [0.1, 0.15) is 44.1 Å². The van der Waals surface area contributed by atoms with Crippen LogP contribution >= 0.6 is 0 Å².